The van der Waals surface area contributed by atoms with Gasteiger partial charge >= 0.3 is 6.09 Å². The highest BCUT2D eigenvalue weighted by atomic mass is 32.2. The van der Waals surface area contributed by atoms with Crippen LogP contribution >= 0.6 is 24.0 Å². The number of anilines is 1. The average molecular weight is 541 g/mol. The highest BCUT2D eigenvalue weighted by Crippen LogP contribution is 2.39. The molecule has 37 heavy (non-hydrogen) atoms. The van der Waals surface area contributed by atoms with E-state index in [4.69, 9.17) is 17.0 Å². The Balaban J connectivity index is 1.54. The van der Waals surface area contributed by atoms with Gasteiger partial charge < -0.3 is 19.1 Å². The fourth-order valence-corrected chi connectivity index (χ4v) is 6.95. The van der Waals surface area contributed by atoms with Gasteiger partial charge in [-0.05, 0) is 31.9 Å². The second-order valence-electron chi connectivity index (χ2n) is 9.66. The number of carbonyl (C=O) groups excluding carboxylic acids is 2. The van der Waals surface area contributed by atoms with Crippen LogP contribution in [0.3, 0.4) is 0 Å². The van der Waals surface area contributed by atoms with Crippen LogP contribution in [-0.4, -0.2) is 69.5 Å². The van der Waals surface area contributed by atoms with E-state index in [-0.39, 0.29) is 23.6 Å². The minimum atomic E-state index is -0.317. The number of fused-ring (bicyclic) bond motifs is 1. The Morgan fingerprint density at radius 1 is 1.11 bits per heavy atom. The van der Waals surface area contributed by atoms with E-state index in [1.807, 2.05) is 24.3 Å². The van der Waals surface area contributed by atoms with Gasteiger partial charge in [0.25, 0.3) is 11.5 Å². The molecule has 2 aromatic rings. The standard InChI is InChI=1S/C27H32N4O4S2/c1-3-35-26(34)30-15-13-29(14-16-30)23-19-11-7-8-12-21(19)28(2)24(32)20(23)17-22-25(33)31(27(36)37-22)18-9-5-4-6-10-18/h7-8,11-12,17-18H,3-6,9-10,13-16H2,1-2H3. The molecule has 0 bridgehead atoms. The summed E-state index contributed by atoms with van der Waals surface area (Å²) in [6, 6.07) is 7.95. The van der Waals surface area contributed by atoms with E-state index < -0.39 is 0 Å². The fraction of sp³-hybridized carbons (Fsp3) is 0.481. The minimum Gasteiger partial charge on any atom is -0.450 e. The summed E-state index contributed by atoms with van der Waals surface area (Å²) >= 11 is 6.92. The lowest BCUT2D eigenvalue weighted by molar-refractivity contribution is -0.124. The van der Waals surface area contributed by atoms with Crippen LogP contribution in [0.5, 0.6) is 0 Å². The van der Waals surface area contributed by atoms with E-state index in [2.05, 4.69) is 4.90 Å². The Labute approximate surface area is 226 Å². The Morgan fingerprint density at radius 3 is 2.51 bits per heavy atom. The largest absolute Gasteiger partial charge is 0.450 e. The molecule has 1 aromatic heterocycles. The molecule has 0 spiro atoms. The first kappa shape index (κ1) is 25.8. The Morgan fingerprint density at radius 2 is 1.81 bits per heavy atom. The Hall–Kier alpha value is -2.85. The summed E-state index contributed by atoms with van der Waals surface area (Å²) in [6.45, 7) is 4.22. The van der Waals surface area contributed by atoms with Crippen LogP contribution in [0.25, 0.3) is 17.0 Å². The number of carbonyl (C=O) groups is 2. The van der Waals surface area contributed by atoms with Gasteiger partial charge in [-0.25, -0.2) is 4.79 Å². The van der Waals surface area contributed by atoms with Gasteiger partial charge in [-0.2, -0.15) is 0 Å². The van der Waals surface area contributed by atoms with Crippen molar-refractivity contribution < 1.29 is 14.3 Å². The summed E-state index contributed by atoms with van der Waals surface area (Å²) in [5.41, 5.74) is 1.94. The van der Waals surface area contributed by atoms with Gasteiger partial charge in [-0.3, -0.25) is 14.5 Å². The molecule has 3 aliphatic rings. The number of aromatic nitrogens is 1. The maximum atomic E-state index is 13.7. The number of aryl methyl sites for hydroxylation is 1. The third kappa shape index (κ3) is 4.88. The van der Waals surface area contributed by atoms with Crippen LogP contribution in [0, 0.1) is 0 Å². The molecule has 3 fully saturated rings. The van der Waals surface area contributed by atoms with Gasteiger partial charge in [0.05, 0.1) is 28.3 Å². The van der Waals surface area contributed by atoms with Gasteiger partial charge in [-0.1, -0.05) is 61.4 Å². The third-order valence-electron chi connectivity index (χ3n) is 7.47. The average Bonchev–Trinajstić information content (AvgIpc) is 3.20. The number of ether oxygens (including phenoxy) is 1. The van der Waals surface area contributed by atoms with Gasteiger partial charge in [0.1, 0.15) is 4.32 Å². The second-order valence-corrected chi connectivity index (χ2v) is 11.3. The lowest BCUT2D eigenvalue weighted by atomic mass is 9.94. The number of piperazine rings is 1. The number of hydrogen-bond acceptors (Lipinski definition) is 7. The number of hydrogen-bond donors (Lipinski definition) is 0. The van der Waals surface area contributed by atoms with Crippen molar-refractivity contribution in [2.45, 2.75) is 45.1 Å². The van der Waals surface area contributed by atoms with Gasteiger partial charge in [0, 0.05) is 44.7 Å². The van der Waals surface area contributed by atoms with Crippen LogP contribution in [-0.2, 0) is 16.6 Å². The number of amides is 2. The highest BCUT2D eigenvalue weighted by molar-refractivity contribution is 8.26. The van der Waals surface area contributed by atoms with Crippen molar-refractivity contribution >= 4 is 63.0 Å². The van der Waals surface area contributed by atoms with Crippen molar-refractivity contribution in [2.75, 3.05) is 37.7 Å². The monoisotopic (exact) mass is 540 g/mol. The number of thioether (sulfide) groups is 1. The molecule has 8 nitrogen and oxygen atoms in total. The van der Waals surface area contributed by atoms with Crippen LogP contribution in [0.15, 0.2) is 34.0 Å². The molecule has 2 amide bonds. The maximum absolute atomic E-state index is 13.7. The molecule has 196 valence electrons. The summed E-state index contributed by atoms with van der Waals surface area (Å²) in [5, 5.41) is 0.934. The zero-order chi connectivity index (χ0) is 26.1. The SMILES string of the molecule is CCOC(=O)N1CCN(c2c(C=C3SC(=S)N(C4CCCCC4)C3=O)c(=O)n(C)c3ccccc23)CC1. The first-order valence-corrected chi connectivity index (χ1v) is 14.2. The molecule has 10 heteroatoms. The summed E-state index contributed by atoms with van der Waals surface area (Å²) in [7, 11) is 1.76. The molecule has 1 aliphatic carbocycles. The van der Waals surface area contributed by atoms with E-state index >= 15 is 0 Å². The molecule has 2 saturated heterocycles. The summed E-state index contributed by atoms with van der Waals surface area (Å²) < 4.78 is 7.38. The zero-order valence-corrected chi connectivity index (χ0v) is 22.9. The fourth-order valence-electron chi connectivity index (χ4n) is 5.57. The van der Waals surface area contributed by atoms with Crippen LogP contribution in [0.2, 0.25) is 0 Å². The number of pyridine rings is 1. The zero-order valence-electron chi connectivity index (χ0n) is 21.3. The van der Waals surface area contributed by atoms with Crippen molar-refractivity contribution in [2.24, 2.45) is 7.05 Å². The molecule has 1 saturated carbocycles. The maximum Gasteiger partial charge on any atom is 0.409 e. The Kier molecular flexibility index (Phi) is 7.57. The van der Waals surface area contributed by atoms with E-state index in [0.717, 1.165) is 42.3 Å². The van der Waals surface area contributed by atoms with Gasteiger partial charge in [0.2, 0.25) is 0 Å². The summed E-state index contributed by atoms with van der Waals surface area (Å²) in [6.07, 6.45) is 6.76. The first-order chi connectivity index (χ1) is 17.9. The second kappa shape index (κ2) is 10.9. The van der Waals surface area contributed by atoms with Crippen LogP contribution in [0.4, 0.5) is 10.5 Å². The molecule has 3 heterocycles. The van der Waals surface area contributed by atoms with Crippen molar-refractivity contribution in [3.8, 4) is 0 Å². The predicted octanol–water partition coefficient (Wildman–Crippen LogP) is 4.35. The molecule has 0 N–H and O–H groups in total. The van der Waals surface area contributed by atoms with Crippen molar-refractivity contribution in [3.05, 3.63) is 45.1 Å². The third-order valence-corrected chi connectivity index (χ3v) is 8.80. The van der Waals surface area contributed by atoms with Gasteiger partial charge in [-0.15, -0.1) is 0 Å². The first-order valence-electron chi connectivity index (χ1n) is 13.0. The van der Waals surface area contributed by atoms with E-state index in [9.17, 15) is 14.4 Å². The molecule has 1 aromatic carbocycles. The molecule has 0 radical (unpaired) electrons. The molecule has 0 unspecified atom stereocenters. The van der Waals surface area contributed by atoms with Gasteiger partial charge in [0.15, 0.2) is 0 Å². The number of thiocarbonyl (C=S) groups is 1. The topological polar surface area (TPSA) is 75.1 Å². The number of nitrogens with zero attached hydrogens (tertiary/aromatic N) is 4. The lowest BCUT2D eigenvalue weighted by Gasteiger charge is -2.36. The van der Waals surface area contributed by atoms with E-state index in [0.29, 0.717) is 47.6 Å². The minimum absolute atomic E-state index is 0.102. The smallest absolute Gasteiger partial charge is 0.409 e. The van der Waals surface area contributed by atoms with Crippen molar-refractivity contribution in [3.63, 3.8) is 0 Å². The van der Waals surface area contributed by atoms with Crippen LogP contribution in [0.1, 0.15) is 44.6 Å². The molecular formula is C27H32N4O4S2. The Bertz CT molecular complexity index is 1320. The molecular weight excluding hydrogens is 508 g/mol. The van der Waals surface area contributed by atoms with E-state index in [1.54, 1.807) is 34.4 Å². The number of rotatable bonds is 4. The number of benzene rings is 1. The summed E-state index contributed by atoms with van der Waals surface area (Å²) in [4.78, 5) is 45.6. The quantitative estimate of drug-likeness (QED) is 0.422. The lowest BCUT2D eigenvalue weighted by Crippen LogP contribution is -2.49. The number of para-hydroxylation sites is 1. The van der Waals surface area contributed by atoms with Crippen LogP contribution < -0.4 is 10.5 Å². The van der Waals surface area contributed by atoms with Crippen molar-refractivity contribution in [1.82, 2.24) is 14.4 Å². The normalized spacial score (nSPS) is 20.4. The predicted molar refractivity (Wildman–Crippen MR) is 152 cm³/mol. The molecule has 0 atom stereocenters. The molecule has 2 aliphatic heterocycles. The highest BCUT2D eigenvalue weighted by Gasteiger charge is 2.38. The molecule has 5 rings (SSSR count). The van der Waals surface area contributed by atoms with Crippen molar-refractivity contribution in [1.29, 1.82) is 0 Å². The van der Waals surface area contributed by atoms with E-state index in [1.165, 1.54) is 18.2 Å². The summed E-state index contributed by atoms with van der Waals surface area (Å²) in [5.74, 6) is -0.102.